The molecule has 0 saturated heterocycles. The Morgan fingerprint density at radius 2 is 2.03 bits per heavy atom. The number of aromatic nitrogens is 2. The average molecular weight is 450 g/mol. The Labute approximate surface area is 195 Å². The highest BCUT2D eigenvalue weighted by atomic mass is 35.5. The second kappa shape index (κ2) is 10.3. The van der Waals surface area contributed by atoms with E-state index in [1.807, 2.05) is 61.3 Å². The SMILES string of the molecule is CC(C)C(=O)N1Cc2cc(C#N)ccc2N(Cc2cnc[nH]2)C[C@H]1Cc1ccccc1.Cl. The smallest absolute Gasteiger partial charge is 0.225 e. The van der Waals surface area contributed by atoms with Gasteiger partial charge in [0.2, 0.25) is 5.91 Å². The minimum Gasteiger partial charge on any atom is -0.363 e. The quantitative estimate of drug-likeness (QED) is 0.629. The molecule has 0 aliphatic carbocycles. The lowest BCUT2D eigenvalue weighted by Crippen LogP contribution is -2.47. The van der Waals surface area contributed by atoms with Gasteiger partial charge in [0.25, 0.3) is 0 Å². The standard InChI is InChI=1S/C25H27N5O.ClH/c1-18(2)25(31)30-14-21-10-20(12-26)8-9-24(21)29(15-22-13-27-17-28-22)16-23(30)11-19-6-4-3-5-7-19;/h3-10,13,17-18,23H,11,14-16H2,1-2H3,(H,27,28);1H/t23-;/m1./s1. The fourth-order valence-electron chi connectivity index (χ4n) is 4.23. The molecule has 0 spiro atoms. The molecule has 7 heteroatoms. The lowest BCUT2D eigenvalue weighted by atomic mass is 10.0. The van der Waals surface area contributed by atoms with Gasteiger partial charge in [0.05, 0.1) is 36.2 Å². The number of fused-ring (bicyclic) bond motifs is 1. The van der Waals surface area contributed by atoms with Crippen molar-refractivity contribution < 1.29 is 4.79 Å². The van der Waals surface area contributed by atoms with Crippen LogP contribution >= 0.6 is 12.4 Å². The predicted octanol–water partition coefficient (Wildman–Crippen LogP) is 4.32. The number of anilines is 1. The predicted molar refractivity (Wildman–Crippen MR) is 127 cm³/mol. The molecule has 1 aliphatic heterocycles. The largest absolute Gasteiger partial charge is 0.363 e. The molecule has 32 heavy (non-hydrogen) atoms. The molecule has 1 amide bonds. The Bertz CT molecular complexity index is 1080. The first kappa shape index (κ1) is 23.4. The van der Waals surface area contributed by atoms with Crippen molar-refractivity contribution in [2.75, 3.05) is 11.4 Å². The summed E-state index contributed by atoms with van der Waals surface area (Å²) < 4.78 is 0. The van der Waals surface area contributed by atoms with Crippen molar-refractivity contribution in [2.24, 2.45) is 5.92 Å². The van der Waals surface area contributed by atoms with Crippen LogP contribution in [0, 0.1) is 17.2 Å². The Balaban J connectivity index is 0.00000289. The molecule has 0 fully saturated rings. The Morgan fingerprint density at radius 1 is 1.25 bits per heavy atom. The van der Waals surface area contributed by atoms with Crippen molar-refractivity contribution in [3.8, 4) is 6.07 Å². The third-order valence-corrected chi connectivity index (χ3v) is 5.77. The number of hydrogen-bond acceptors (Lipinski definition) is 4. The number of rotatable bonds is 5. The molecule has 0 unspecified atom stereocenters. The van der Waals surface area contributed by atoms with E-state index in [4.69, 9.17) is 0 Å². The van der Waals surface area contributed by atoms with Crippen LogP contribution in [-0.2, 0) is 24.3 Å². The van der Waals surface area contributed by atoms with Crippen LogP contribution in [0.4, 0.5) is 5.69 Å². The van der Waals surface area contributed by atoms with E-state index in [1.54, 1.807) is 6.33 Å². The number of carbonyl (C=O) groups is 1. The molecular formula is C25H28ClN5O. The zero-order chi connectivity index (χ0) is 21.8. The molecule has 4 rings (SSSR count). The van der Waals surface area contributed by atoms with Gasteiger partial charge in [0.1, 0.15) is 0 Å². The van der Waals surface area contributed by atoms with Crippen LogP contribution in [-0.4, -0.2) is 33.4 Å². The Kier molecular flexibility index (Phi) is 7.55. The van der Waals surface area contributed by atoms with E-state index in [2.05, 4.69) is 33.1 Å². The van der Waals surface area contributed by atoms with E-state index in [0.717, 1.165) is 23.4 Å². The van der Waals surface area contributed by atoms with Crippen LogP contribution in [0.2, 0.25) is 0 Å². The van der Waals surface area contributed by atoms with E-state index in [-0.39, 0.29) is 30.3 Å². The minimum absolute atomic E-state index is 0. The summed E-state index contributed by atoms with van der Waals surface area (Å²) in [5.41, 5.74) is 4.89. The molecule has 0 bridgehead atoms. The van der Waals surface area contributed by atoms with Crippen LogP contribution in [0.15, 0.2) is 61.1 Å². The van der Waals surface area contributed by atoms with Crippen LogP contribution < -0.4 is 4.90 Å². The van der Waals surface area contributed by atoms with E-state index in [1.165, 1.54) is 5.56 Å². The molecule has 1 N–H and O–H groups in total. The van der Waals surface area contributed by atoms with E-state index in [0.29, 0.717) is 25.2 Å². The van der Waals surface area contributed by atoms with Gasteiger partial charge in [-0.1, -0.05) is 44.2 Å². The number of amides is 1. The average Bonchev–Trinajstić information content (AvgIpc) is 3.24. The number of nitrogens with zero attached hydrogens (tertiary/aromatic N) is 4. The van der Waals surface area contributed by atoms with Gasteiger partial charge >= 0.3 is 0 Å². The highest BCUT2D eigenvalue weighted by Gasteiger charge is 2.32. The number of H-pyrrole nitrogens is 1. The summed E-state index contributed by atoms with van der Waals surface area (Å²) in [5, 5.41) is 9.44. The third kappa shape index (κ3) is 5.12. The number of nitrogens with one attached hydrogen (secondary N) is 1. The van der Waals surface area contributed by atoms with Gasteiger partial charge in [-0.15, -0.1) is 12.4 Å². The van der Waals surface area contributed by atoms with Crippen molar-refractivity contribution in [3.05, 3.63) is 83.4 Å². The van der Waals surface area contributed by atoms with Crippen molar-refractivity contribution >= 4 is 24.0 Å². The van der Waals surface area contributed by atoms with Crippen LogP contribution in [0.3, 0.4) is 0 Å². The fourth-order valence-corrected chi connectivity index (χ4v) is 4.23. The molecule has 2 aromatic carbocycles. The molecule has 166 valence electrons. The zero-order valence-electron chi connectivity index (χ0n) is 18.4. The van der Waals surface area contributed by atoms with Crippen LogP contribution in [0.1, 0.15) is 36.2 Å². The summed E-state index contributed by atoms with van der Waals surface area (Å²) >= 11 is 0. The van der Waals surface area contributed by atoms with Gasteiger partial charge in [-0.05, 0) is 35.7 Å². The highest BCUT2D eigenvalue weighted by molar-refractivity contribution is 5.85. The molecular weight excluding hydrogens is 422 g/mol. The number of benzene rings is 2. The minimum atomic E-state index is -0.0972. The summed E-state index contributed by atoms with van der Waals surface area (Å²) in [6, 6.07) is 18.3. The first-order chi connectivity index (χ1) is 15.0. The fraction of sp³-hybridized carbons (Fsp3) is 0.320. The van der Waals surface area contributed by atoms with Gasteiger partial charge in [0.15, 0.2) is 0 Å². The van der Waals surface area contributed by atoms with E-state index in [9.17, 15) is 10.1 Å². The summed E-state index contributed by atoms with van der Waals surface area (Å²) in [5.74, 6) is 0.0395. The van der Waals surface area contributed by atoms with Gasteiger partial charge in [-0.3, -0.25) is 4.79 Å². The van der Waals surface area contributed by atoms with Crippen molar-refractivity contribution in [1.29, 1.82) is 5.26 Å². The van der Waals surface area contributed by atoms with Gasteiger partial charge < -0.3 is 14.8 Å². The summed E-state index contributed by atoms with van der Waals surface area (Å²) in [7, 11) is 0. The zero-order valence-corrected chi connectivity index (χ0v) is 19.2. The molecule has 6 nitrogen and oxygen atoms in total. The van der Waals surface area contributed by atoms with Crippen molar-refractivity contribution in [2.45, 2.75) is 39.4 Å². The molecule has 2 heterocycles. The molecule has 0 radical (unpaired) electrons. The number of aromatic amines is 1. The van der Waals surface area contributed by atoms with Crippen molar-refractivity contribution in [3.63, 3.8) is 0 Å². The van der Waals surface area contributed by atoms with Crippen LogP contribution in [0.25, 0.3) is 0 Å². The second-order valence-corrected chi connectivity index (χ2v) is 8.38. The van der Waals surface area contributed by atoms with E-state index >= 15 is 0 Å². The highest BCUT2D eigenvalue weighted by Crippen LogP contribution is 2.31. The second-order valence-electron chi connectivity index (χ2n) is 8.38. The number of carbonyl (C=O) groups excluding carboxylic acids is 1. The summed E-state index contributed by atoms with van der Waals surface area (Å²) in [6.07, 6.45) is 4.29. The number of hydrogen-bond donors (Lipinski definition) is 1. The maximum atomic E-state index is 13.3. The lowest BCUT2D eigenvalue weighted by molar-refractivity contribution is -0.137. The van der Waals surface area contributed by atoms with Crippen LogP contribution in [0.5, 0.6) is 0 Å². The first-order valence-electron chi connectivity index (χ1n) is 10.6. The maximum absolute atomic E-state index is 13.3. The summed E-state index contributed by atoms with van der Waals surface area (Å²) in [4.78, 5) is 24.9. The van der Waals surface area contributed by atoms with Gasteiger partial charge in [-0.25, -0.2) is 4.98 Å². The van der Waals surface area contributed by atoms with E-state index < -0.39 is 0 Å². The molecule has 0 saturated carbocycles. The third-order valence-electron chi connectivity index (χ3n) is 5.77. The van der Waals surface area contributed by atoms with Gasteiger partial charge in [0, 0.05) is 30.9 Å². The summed E-state index contributed by atoms with van der Waals surface area (Å²) in [6.45, 7) is 5.75. The molecule has 1 aliphatic rings. The van der Waals surface area contributed by atoms with Crippen molar-refractivity contribution in [1.82, 2.24) is 14.9 Å². The van der Waals surface area contributed by atoms with Gasteiger partial charge in [-0.2, -0.15) is 5.26 Å². The Morgan fingerprint density at radius 3 is 2.69 bits per heavy atom. The lowest BCUT2D eigenvalue weighted by Gasteiger charge is -2.34. The first-order valence-corrected chi connectivity index (χ1v) is 10.6. The normalized spacial score (nSPS) is 15.5. The number of imidazole rings is 1. The Hall–Kier alpha value is -3.30. The number of nitriles is 1. The molecule has 1 atom stereocenters. The number of halogens is 1. The topological polar surface area (TPSA) is 76.0 Å². The molecule has 3 aromatic rings. The monoisotopic (exact) mass is 449 g/mol. The molecule has 1 aromatic heterocycles. The maximum Gasteiger partial charge on any atom is 0.225 e.